The van der Waals surface area contributed by atoms with E-state index in [1.807, 2.05) is 72.1 Å². The molecular weight excluding hydrogens is 418 g/mol. The number of carbonyl (C=O) groups excluding carboxylic acids is 1. The van der Waals surface area contributed by atoms with Gasteiger partial charge in [0.25, 0.3) is 0 Å². The minimum absolute atomic E-state index is 0.156. The van der Waals surface area contributed by atoms with Crippen LogP contribution in [0.3, 0.4) is 0 Å². The maximum Gasteiger partial charge on any atom is 0.223 e. The first kappa shape index (κ1) is 22.5. The fourth-order valence-corrected chi connectivity index (χ4v) is 4.89. The van der Waals surface area contributed by atoms with Gasteiger partial charge in [-0.25, -0.2) is 4.98 Å². The highest BCUT2D eigenvalue weighted by molar-refractivity contribution is 7.09. The highest BCUT2D eigenvalue weighted by Gasteiger charge is 2.38. The summed E-state index contributed by atoms with van der Waals surface area (Å²) < 4.78 is 6.19. The number of nitrogens with zero attached hydrogens (tertiary/aromatic N) is 3. The van der Waals surface area contributed by atoms with Crippen LogP contribution >= 0.6 is 11.3 Å². The second-order valence-electron chi connectivity index (χ2n) is 8.72. The van der Waals surface area contributed by atoms with Crippen molar-refractivity contribution in [1.29, 1.82) is 0 Å². The Labute approximate surface area is 194 Å². The van der Waals surface area contributed by atoms with Crippen LogP contribution in [-0.4, -0.2) is 47.4 Å². The zero-order valence-corrected chi connectivity index (χ0v) is 19.5. The number of hydrogen-bond acceptors (Lipinski definition) is 5. The monoisotopic (exact) mass is 449 g/mol. The van der Waals surface area contributed by atoms with Gasteiger partial charge in [0.05, 0.1) is 13.2 Å². The normalized spacial score (nSPS) is 15.9. The van der Waals surface area contributed by atoms with Gasteiger partial charge in [-0.05, 0) is 43.6 Å². The van der Waals surface area contributed by atoms with Crippen LogP contribution in [0.25, 0.3) is 0 Å². The van der Waals surface area contributed by atoms with Gasteiger partial charge in [-0.3, -0.25) is 9.69 Å². The van der Waals surface area contributed by atoms with E-state index >= 15 is 0 Å². The molecule has 0 aliphatic carbocycles. The highest BCUT2D eigenvalue weighted by Crippen LogP contribution is 2.37. The van der Waals surface area contributed by atoms with Crippen LogP contribution in [0.1, 0.15) is 29.8 Å². The molecule has 2 heterocycles. The summed E-state index contributed by atoms with van der Waals surface area (Å²) in [6.07, 6.45) is 4.25. The van der Waals surface area contributed by atoms with Crippen molar-refractivity contribution < 1.29 is 9.53 Å². The summed E-state index contributed by atoms with van der Waals surface area (Å²) >= 11 is 1.70. The summed E-state index contributed by atoms with van der Waals surface area (Å²) in [5, 5.41) is 3.18. The first-order valence-corrected chi connectivity index (χ1v) is 12.1. The molecule has 0 unspecified atom stereocenters. The van der Waals surface area contributed by atoms with Crippen molar-refractivity contribution in [3.8, 4) is 5.75 Å². The van der Waals surface area contributed by atoms with Crippen molar-refractivity contribution in [3.63, 3.8) is 0 Å². The summed E-state index contributed by atoms with van der Waals surface area (Å²) in [7, 11) is 1.90. The summed E-state index contributed by atoms with van der Waals surface area (Å²) in [4.78, 5) is 21.9. The van der Waals surface area contributed by atoms with Crippen molar-refractivity contribution in [3.05, 3.63) is 82.8 Å². The third-order valence-corrected chi connectivity index (χ3v) is 7.03. The molecule has 0 bridgehead atoms. The minimum Gasteiger partial charge on any atom is -0.493 e. The lowest BCUT2D eigenvalue weighted by atomic mass is 9.76. The molecule has 1 amide bonds. The fraction of sp³-hybridized carbons (Fsp3) is 0.385. The second kappa shape index (κ2) is 10.7. The molecule has 0 atom stereocenters. The zero-order valence-electron chi connectivity index (χ0n) is 18.7. The summed E-state index contributed by atoms with van der Waals surface area (Å²) in [6, 6.07) is 20.1. The number of amides is 1. The zero-order chi connectivity index (χ0) is 22.2. The van der Waals surface area contributed by atoms with E-state index in [-0.39, 0.29) is 11.3 Å². The molecule has 168 valence electrons. The Morgan fingerprint density at radius 3 is 2.44 bits per heavy atom. The van der Waals surface area contributed by atoms with Crippen LogP contribution in [0.2, 0.25) is 0 Å². The van der Waals surface area contributed by atoms with E-state index in [1.165, 1.54) is 0 Å². The molecule has 0 saturated carbocycles. The third-order valence-electron chi connectivity index (χ3n) is 6.26. The Morgan fingerprint density at radius 2 is 1.78 bits per heavy atom. The topological polar surface area (TPSA) is 45.7 Å². The largest absolute Gasteiger partial charge is 0.493 e. The van der Waals surface area contributed by atoms with Crippen molar-refractivity contribution in [2.24, 2.45) is 5.41 Å². The van der Waals surface area contributed by atoms with Gasteiger partial charge >= 0.3 is 0 Å². The van der Waals surface area contributed by atoms with Crippen LogP contribution in [0, 0.1) is 5.41 Å². The number of rotatable bonds is 9. The minimum atomic E-state index is -0.156. The lowest BCUT2D eigenvalue weighted by Gasteiger charge is -2.41. The molecule has 1 aliphatic rings. The molecule has 2 aromatic carbocycles. The maximum atomic E-state index is 13.2. The Bertz CT molecular complexity index is 955. The van der Waals surface area contributed by atoms with Gasteiger partial charge in [-0.1, -0.05) is 48.5 Å². The average Bonchev–Trinajstić information content (AvgIpc) is 3.34. The van der Waals surface area contributed by atoms with E-state index < -0.39 is 0 Å². The number of carbonyl (C=O) groups is 1. The first-order valence-electron chi connectivity index (χ1n) is 11.2. The molecule has 0 spiro atoms. The molecule has 1 saturated heterocycles. The quantitative estimate of drug-likeness (QED) is 0.468. The number of benzene rings is 2. The lowest BCUT2D eigenvalue weighted by molar-refractivity contribution is -0.134. The number of piperidine rings is 1. The predicted octanol–water partition coefficient (Wildman–Crippen LogP) is 4.85. The molecule has 3 aromatic rings. The van der Waals surface area contributed by atoms with Gasteiger partial charge in [0.1, 0.15) is 10.8 Å². The fourth-order valence-electron chi connectivity index (χ4n) is 4.23. The van der Waals surface area contributed by atoms with E-state index in [2.05, 4.69) is 22.0 Å². The predicted molar refractivity (Wildman–Crippen MR) is 129 cm³/mol. The van der Waals surface area contributed by atoms with Gasteiger partial charge in [-0.15, -0.1) is 11.3 Å². The van der Waals surface area contributed by atoms with Crippen molar-refractivity contribution in [2.75, 3.05) is 26.7 Å². The van der Waals surface area contributed by atoms with E-state index in [0.29, 0.717) is 19.6 Å². The molecule has 0 radical (unpaired) electrons. The molecule has 4 rings (SSSR count). The Balaban J connectivity index is 1.40. The molecule has 1 aliphatic heterocycles. The van der Waals surface area contributed by atoms with Crippen LogP contribution in [0.5, 0.6) is 5.75 Å². The number of para-hydroxylation sites is 1. The van der Waals surface area contributed by atoms with Crippen LogP contribution in [0.15, 0.2) is 72.2 Å². The summed E-state index contributed by atoms with van der Waals surface area (Å²) in [5.74, 6) is 1.04. The standard InChI is InChI=1S/C26H31N3O2S/c1-28(19-22-8-4-2-5-9-22)25(30)18-26(21-31-23-10-6-3-7-11-23)12-15-29(16-13-26)20-24-27-14-17-32-24/h2-11,14,17H,12-13,15-16,18-21H2,1H3. The molecule has 32 heavy (non-hydrogen) atoms. The van der Waals surface area contributed by atoms with E-state index in [4.69, 9.17) is 4.74 Å². The summed E-state index contributed by atoms with van der Waals surface area (Å²) in [5.41, 5.74) is 0.994. The van der Waals surface area contributed by atoms with Crippen molar-refractivity contribution >= 4 is 17.2 Å². The van der Waals surface area contributed by atoms with E-state index in [9.17, 15) is 4.79 Å². The molecule has 6 heteroatoms. The molecule has 5 nitrogen and oxygen atoms in total. The van der Waals surface area contributed by atoms with Crippen molar-refractivity contribution in [1.82, 2.24) is 14.8 Å². The van der Waals surface area contributed by atoms with Gasteiger partial charge in [-0.2, -0.15) is 0 Å². The summed E-state index contributed by atoms with van der Waals surface area (Å²) in [6.45, 7) is 3.98. The first-order chi connectivity index (χ1) is 15.6. The highest BCUT2D eigenvalue weighted by atomic mass is 32.1. The number of ether oxygens (including phenoxy) is 1. The van der Waals surface area contributed by atoms with E-state index in [0.717, 1.165) is 48.8 Å². The Morgan fingerprint density at radius 1 is 1.09 bits per heavy atom. The molecule has 1 aromatic heterocycles. The second-order valence-corrected chi connectivity index (χ2v) is 9.70. The van der Waals surface area contributed by atoms with Crippen LogP contribution in [0.4, 0.5) is 0 Å². The van der Waals surface area contributed by atoms with Crippen molar-refractivity contribution in [2.45, 2.75) is 32.4 Å². The Kier molecular flexibility index (Phi) is 7.55. The number of hydrogen-bond donors (Lipinski definition) is 0. The Hall–Kier alpha value is -2.70. The van der Waals surface area contributed by atoms with E-state index in [1.54, 1.807) is 11.3 Å². The third kappa shape index (κ3) is 6.17. The smallest absolute Gasteiger partial charge is 0.223 e. The molecular formula is C26H31N3O2S. The van der Waals surface area contributed by atoms with Gasteiger partial charge < -0.3 is 9.64 Å². The number of likely N-dealkylation sites (tertiary alicyclic amines) is 1. The molecule has 0 N–H and O–H groups in total. The number of aromatic nitrogens is 1. The van der Waals surface area contributed by atoms with Gasteiger partial charge in [0.15, 0.2) is 0 Å². The number of thiazole rings is 1. The maximum absolute atomic E-state index is 13.2. The van der Waals surface area contributed by atoms with Crippen LogP contribution < -0.4 is 4.74 Å². The van der Waals surface area contributed by atoms with Gasteiger partial charge in [0.2, 0.25) is 5.91 Å². The average molecular weight is 450 g/mol. The van der Waals surface area contributed by atoms with Crippen LogP contribution in [-0.2, 0) is 17.9 Å². The molecule has 1 fully saturated rings. The lowest BCUT2D eigenvalue weighted by Crippen LogP contribution is -2.45. The van der Waals surface area contributed by atoms with Gasteiger partial charge in [0, 0.05) is 37.0 Å². The SMILES string of the molecule is CN(Cc1ccccc1)C(=O)CC1(COc2ccccc2)CCN(Cc2nccs2)CC1.